The van der Waals surface area contributed by atoms with Crippen LogP contribution >= 0.6 is 0 Å². The summed E-state index contributed by atoms with van der Waals surface area (Å²) in [5.74, 6) is 0.250. The van der Waals surface area contributed by atoms with Gasteiger partial charge in [-0.3, -0.25) is 4.79 Å². The average molecular weight is 312 g/mol. The predicted octanol–water partition coefficient (Wildman–Crippen LogP) is 2.71. The van der Waals surface area contributed by atoms with Crippen molar-refractivity contribution in [1.29, 1.82) is 0 Å². The van der Waals surface area contributed by atoms with Gasteiger partial charge in [0.2, 0.25) is 5.76 Å². The third-order valence-electron chi connectivity index (χ3n) is 3.45. The second kappa shape index (κ2) is 6.50. The van der Waals surface area contributed by atoms with E-state index in [1.807, 2.05) is 31.2 Å². The van der Waals surface area contributed by atoms with Crippen LogP contribution in [0.1, 0.15) is 27.7 Å². The van der Waals surface area contributed by atoms with Crippen molar-refractivity contribution >= 4 is 5.91 Å². The summed E-state index contributed by atoms with van der Waals surface area (Å²) in [5, 5.41) is 12.8. The number of carbonyl (C=O) groups excluding carboxylic acids is 1. The number of oxazole rings is 1. The van der Waals surface area contributed by atoms with E-state index < -0.39 is 12.0 Å². The van der Waals surface area contributed by atoms with E-state index in [2.05, 4.69) is 10.3 Å². The van der Waals surface area contributed by atoms with E-state index in [4.69, 9.17) is 8.83 Å². The first-order chi connectivity index (χ1) is 11.1. The molecule has 6 heteroatoms. The molecular formula is C17H16N2O4. The third-order valence-corrected chi connectivity index (χ3v) is 3.45. The van der Waals surface area contributed by atoms with Crippen LogP contribution in [0, 0.1) is 6.92 Å². The molecule has 1 aromatic carbocycles. The third kappa shape index (κ3) is 3.32. The van der Waals surface area contributed by atoms with E-state index >= 15 is 0 Å². The summed E-state index contributed by atoms with van der Waals surface area (Å²) in [7, 11) is 0. The monoisotopic (exact) mass is 312 g/mol. The number of rotatable bonds is 5. The lowest BCUT2D eigenvalue weighted by Gasteiger charge is -2.12. The lowest BCUT2D eigenvalue weighted by atomic mass is 10.1. The molecule has 2 aromatic heterocycles. The molecule has 0 saturated carbocycles. The van der Waals surface area contributed by atoms with E-state index in [9.17, 15) is 9.90 Å². The lowest BCUT2D eigenvalue weighted by Crippen LogP contribution is -2.29. The van der Waals surface area contributed by atoms with E-state index in [0.717, 1.165) is 11.1 Å². The van der Waals surface area contributed by atoms with Crippen molar-refractivity contribution in [1.82, 2.24) is 10.3 Å². The van der Waals surface area contributed by atoms with Crippen molar-refractivity contribution in [3.8, 4) is 11.5 Å². The highest BCUT2D eigenvalue weighted by atomic mass is 16.4. The highest BCUT2D eigenvalue weighted by molar-refractivity contribution is 5.97. The Bertz CT molecular complexity index is 775. The van der Waals surface area contributed by atoms with Crippen molar-refractivity contribution in [2.45, 2.75) is 13.0 Å². The Morgan fingerprint density at radius 1 is 1.26 bits per heavy atom. The lowest BCUT2D eigenvalue weighted by molar-refractivity contribution is 0.0912. The molecule has 1 unspecified atom stereocenters. The second-order valence-electron chi connectivity index (χ2n) is 5.14. The van der Waals surface area contributed by atoms with Crippen molar-refractivity contribution < 1.29 is 18.7 Å². The number of nitrogens with one attached hydrogen (secondary N) is 1. The number of hydrogen-bond acceptors (Lipinski definition) is 5. The molecule has 0 saturated heterocycles. The summed E-state index contributed by atoms with van der Waals surface area (Å²) in [6.45, 7) is 2.05. The fourth-order valence-corrected chi connectivity index (χ4v) is 2.17. The van der Waals surface area contributed by atoms with Gasteiger partial charge in [-0.2, -0.15) is 0 Å². The van der Waals surface area contributed by atoms with Gasteiger partial charge in [-0.25, -0.2) is 4.98 Å². The Hall–Kier alpha value is -2.86. The van der Waals surface area contributed by atoms with Gasteiger partial charge in [0.15, 0.2) is 17.8 Å². The van der Waals surface area contributed by atoms with Crippen LogP contribution in [-0.4, -0.2) is 22.5 Å². The molecular weight excluding hydrogens is 296 g/mol. The largest absolute Gasteiger partial charge is 0.461 e. The zero-order valence-electron chi connectivity index (χ0n) is 12.5. The molecule has 2 N–H and O–H groups in total. The summed E-state index contributed by atoms with van der Waals surface area (Å²) in [4.78, 5) is 16.1. The Morgan fingerprint density at radius 2 is 2.04 bits per heavy atom. The molecule has 0 aliphatic heterocycles. The topological polar surface area (TPSA) is 88.5 Å². The average Bonchev–Trinajstić information content (AvgIpc) is 3.23. The molecule has 0 aliphatic carbocycles. The van der Waals surface area contributed by atoms with Crippen LogP contribution in [0.4, 0.5) is 0 Å². The van der Waals surface area contributed by atoms with Crippen molar-refractivity contribution in [3.63, 3.8) is 0 Å². The maximum Gasteiger partial charge on any atom is 0.274 e. The second-order valence-corrected chi connectivity index (χ2v) is 5.14. The zero-order valence-corrected chi connectivity index (χ0v) is 12.5. The number of nitrogens with zero attached hydrogens (tertiary/aromatic N) is 1. The minimum Gasteiger partial charge on any atom is -0.461 e. The van der Waals surface area contributed by atoms with Crippen molar-refractivity contribution in [2.75, 3.05) is 6.54 Å². The predicted molar refractivity (Wildman–Crippen MR) is 82.7 cm³/mol. The quantitative estimate of drug-likeness (QED) is 0.756. The molecule has 6 nitrogen and oxygen atoms in total. The number of carbonyl (C=O) groups is 1. The van der Waals surface area contributed by atoms with Gasteiger partial charge >= 0.3 is 0 Å². The molecule has 118 valence electrons. The van der Waals surface area contributed by atoms with E-state index in [1.54, 1.807) is 12.1 Å². The maximum absolute atomic E-state index is 12.2. The molecule has 3 aromatic rings. The van der Waals surface area contributed by atoms with Gasteiger partial charge in [0, 0.05) is 6.54 Å². The number of aliphatic hydroxyl groups is 1. The molecule has 0 spiro atoms. The number of furan rings is 1. The summed E-state index contributed by atoms with van der Waals surface area (Å²) in [6, 6.07) is 10.9. The Balaban J connectivity index is 1.66. The van der Waals surface area contributed by atoms with Gasteiger partial charge in [0.05, 0.1) is 12.4 Å². The number of aromatic nitrogens is 1. The summed E-state index contributed by atoms with van der Waals surface area (Å²) >= 11 is 0. The molecule has 1 amide bonds. The fraction of sp³-hybridized carbons (Fsp3) is 0.176. The Morgan fingerprint density at radius 3 is 2.74 bits per heavy atom. The van der Waals surface area contributed by atoms with Gasteiger partial charge in [-0.15, -0.1) is 0 Å². The van der Waals surface area contributed by atoms with Gasteiger partial charge in [0.25, 0.3) is 5.91 Å². The van der Waals surface area contributed by atoms with Crippen LogP contribution in [0.25, 0.3) is 11.5 Å². The van der Waals surface area contributed by atoms with Crippen molar-refractivity contribution in [3.05, 3.63) is 65.9 Å². The normalized spacial score (nSPS) is 12.1. The highest BCUT2D eigenvalue weighted by Gasteiger charge is 2.20. The smallest absolute Gasteiger partial charge is 0.274 e. The maximum atomic E-state index is 12.2. The van der Waals surface area contributed by atoms with Gasteiger partial charge in [-0.05, 0) is 24.6 Å². The first-order valence-electron chi connectivity index (χ1n) is 7.15. The summed E-state index contributed by atoms with van der Waals surface area (Å²) in [5.41, 5.74) is 1.97. The first kappa shape index (κ1) is 15.1. The minimum atomic E-state index is -0.793. The number of benzene rings is 1. The molecule has 1 atom stereocenters. The molecule has 3 rings (SSSR count). The summed E-state index contributed by atoms with van der Waals surface area (Å²) < 4.78 is 10.4. The molecule has 23 heavy (non-hydrogen) atoms. The van der Waals surface area contributed by atoms with E-state index in [1.165, 1.54) is 12.7 Å². The van der Waals surface area contributed by atoms with Gasteiger partial charge in [0.1, 0.15) is 0 Å². The van der Waals surface area contributed by atoms with Gasteiger partial charge < -0.3 is 19.3 Å². The van der Waals surface area contributed by atoms with E-state index in [0.29, 0.717) is 5.76 Å². The Kier molecular flexibility index (Phi) is 4.25. The number of aryl methyl sites for hydroxylation is 1. The molecule has 0 fully saturated rings. The summed E-state index contributed by atoms with van der Waals surface area (Å²) in [6.07, 6.45) is 1.88. The van der Waals surface area contributed by atoms with Crippen molar-refractivity contribution in [2.24, 2.45) is 0 Å². The number of hydrogen-bond donors (Lipinski definition) is 2. The first-order valence-corrected chi connectivity index (χ1v) is 7.15. The van der Waals surface area contributed by atoms with Crippen LogP contribution in [0.5, 0.6) is 0 Å². The van der Waals surface area contributed by atoms with Crippen LogP contribution < -0.4 is 5.32 Å². The molecule has 0 radical (unpaired) electrons. The number of aliphatic hydroxyl groups excluding tert-OH is 1. The highest BCUT2D eigenvalue weighted by Crippen LogP contribution is 2.23. The Labute approximate surface area is 132 Å². The standard InChI is InChI=1S/C17H16N2O4/c1-11-4-6-12(7-5-11)13(20)9-18-17(21)15-16(23-10-19-15)14-3-2-8-22-14/h2-8,10,13,20H,9H2,1H3,(H,18,21). The molecule has 0 bridgehead atoms. The van der Waals surface area contributed by atoms with Crippen LogP contribution in [0.3, 0.4) is 0 Å². The molecule has 0 aliphatic rings. The van der Waals surface area contributed by atoms with Crippen LogP contribution in [0.2, 0.25) is 0 Å². The molecule has 2 heterocycles. The van der Waals surface area contributed by atoms with Crippen LogP contribution in [-0.2, 0) is 0 Å². The van der Waals surface area contributed by atoms with Crippen LogP contribution in [0.15, 0.2) is 57.9 Å². The fourth-order valence-electron chi connectivity index (χ4n) is 2.17. The SMILES string of the molecule is Cc1ccc(C(O)CNC(=O)c2ncoc2-c2ccco2)cc1. The minimum absolute atomic E-state index is 0.0757. The zero-order chi connectivity index (χ0) is 16.2. The van der Waals surface area contributed by atoms with E-state index in [-0.39, 0.29) is 18.0 Å². The number of amides is 1. The van der Waals surface area contributed by atoms with Gasteiger partial charge in [-0.1, -0.05) is 29.8 Å².